The summed E-state index contributed by atoms with van der Waals surface area (Å²) in [5.74, 6) is 0.530. The molecular weight excluding hydrogens is 195 g/mol. The summed E-state index contributed by atoms with van der Waals surface area (Å²) in [6.45, 7) is 0. The first-order chi connectivity index (χ1) is 6.48. The molecule has 0 spiro atoms. The smallest absolute Gasteiger partial charge is 0.419 e. The molecule has 1 unspecified atom stereocenters. The van der Waals surface area contributed by atoms with E-state index in [4.69, 9.17) is 10.2 Å². The Morgan fingerprint density at radius 1 is 1.43 bits per heavy atom. The number of alkyl halides is 3. The van der Waals surface area contributed by atoms with Crippen LogP contribution in [0.4, 0.5) is 13.2 Å². The van der Waals surface area contributed by atoms with E-state index < -0.39 is 11.7 Å². The Morgan fingerprint density at radius 2 is 2.07 bits per heavy atom. The lowest BCUT2D eigenvalue weighted by Crippen LogP contribution is -2.11. The molecule has 1 aromatic rings. The van der Waals surface area contributed by atoms with Crippen molar-refractivity contribution in [1.82, 2.24) is 0 Å². The minimum absolute atomic E-state index is 0.236. The Hall–Kier alpha value is -0.970. The van der Waals surface area contributed by atoms with Gasteiger partial charge in [-0.15, -0.1) is 0 Å². The Morgan fingerprint density at radius 3 is 2.50 bits per heavy atom. The summed E-state index contributed by atoms with van der Waals surface area (Å²) >= 11 is 0. The van der Waals surface area contributed by atoms with Crippen LogP contribution in [0.2, 0.25) is 0 Å². The Kier molecular flexibility index (Phi) is 2.06. The van der Waals surface area contributed by atoms with Crippen LogP contribution in [0.1, 0.15) is 30.2 Å². The Bertz CT molecular complexity index is 327. The molecule has 0 bridgehead atoms. The van der Waals surface area contributed by atoms with E-state index in [2.05, 4.69) is 0 Å². The van der Waals surface area contributed by atoms with E-state index in [0.717, 1.165) is 25.2 Å². The van der Waals surface area contributed by atoms with Crippen molar-refractivity contribution >= 4 is 0 Å². The second-order valence-electron chi connectivity index (χ2n) is 3.60. The van der Waals surface area contributed by atoms with Crippen molar-refractivity contribution in [2.45, 2.75) is 25.1 Å². The van der Waals surface area contributed by atoms with Gasteiger partial charge in [0, 0.05) is 0 Å². The van der Waals surface area contributed by atoms with Crippen LogP contribution in [-0.2, 0) is 6.18 Å². The number of halogens is 3. The van der Waals surface area contributed by atoms with E-state index in [1.54, 1.807) is 0 Å². The molecule has 2 N–H and O–H groups in total. The molecule has 1 heterocycles. The van der Waals surface area contributed by atoms with E-state index in [1.165, 1.54) is 0 Å². The normalized spacial score (nSPS) is 19.7. The molecule has 2 nitrogen and oxygen atoms in total. The third kappa shape index (κ3) is 1.77. The molecule has 0 radical (unpaired) electrons. The van der Waals surface area contributed by atoms with Crippen LogP contribution in [0.3, 0.4) is 0 Å². The van der Waals surface area contributed by atoms with Crippen molar-refractivity contribution in [3.05, 3.63) is 23.7 Å². The largest absolute Gasteiger partial charge is 0.467 e. The fourth-order valence-electron chi connectivity index (χ4n) is 1.36. The average molecular weight is 205 g/mol. The summed E-state index contributed by atoms with van der Waals surface area (Å²) in [6, 6.07) is 0.606. The molecule has 78 valence electrons. The molecule has 0 amide bonds. The lowest BCUT2D eigenvalue weighted by molar-refractivity contribution is -0.137. The van der Waals surface area contributed by atoms with Gasteiger partial charge in [0.25, 0.3) is 0 Å². The number of hydrogen-bond acceptors (Lipinski definition) is 2. The molecular formula is C9H10F3NO. The van der Waals surface area contributed by atoms with Crippen LogP contribution in [0.15, 0.2) is 16.7 Å². The van der Waals surface area contributed by atoms with Gasteiger partial charge in [0.2, 0.25) is 0 Å². The van der Waals surface area contributed by atoms with E-state index in [-0.39, 0.29) is 11.8 Å². The quantitative estimate of drug-likeness (QED) is 0.806. The topological polar surface area (TPSA) is 39.2 Å². The van der Waals surface area contributed by atoms with Crippen molar-refractivity contribution in [2.75, 3.05) is 0 Å². The lowest BCUT2D eigenvalue weighted by atomic mass is 10.1. The molecule has 0 aliphatic heterocycles. The highest BCUT2D eigenvalue weighted by Gasteiger charge is 2.36. The molecule has 14 heavy (non-hydrogen) atoms. The first kappa shape index (κ1) is 9.58. The zero-order valence-electron chi connectivity index (χ0n) is 7.34. The number of nitrogens with two attached hydrogens (primary N) is 1. The minimum atomic E-state index is -4.34. The zero-order valence-corrected chi connectivity index (χ0v) is 7.34. The van der Waals surface area contributed by atoms with Crippen LogP contribution in [0, 0.1) is 5.92 Å². The lowest BCUT2D eigenvalue weighted by Gasteiger charge is -2.04. The van der Waals surface area contributed by atoms with Crippen molar-refractivity contribution in [1.29, 1.82) is 0 Å². The molecule has 1 atom stereocenters. The minimum Gasteiger partial charge on any atom is -0.467 e. The van der Waals surface area contributed by atoms with Gasteiger partial charge in [-0.3, -0.25) is 0 Å². The average Bonchev–Trinajstić information content (AvgIpc) is 2.79. The molecule has 1 saturated carbocycles. The standard InChI is InChI=1S/C9H10F3NO/c10-9(11,12)6-3-7(14-4-6)8(13)5-1-2-5/h3-5,8H,1-2,13H2. The predicted molar refractivity (Wildman–Crippen MR) is 43.4 cm³/mol. The summed E-state index contributed by atoms with van der Waals surface area (Å²) in [7, 11) is 0. The van der Waals surface area contributed by atoms with E-state index in [1.807, 2.05) is 0 Å². The van der Waals surface area contributed by atoms with Crippen molar-refractivity contribution in [3.8, 4) is 0 Å². The fourth-order valence-corrected chi connectivity index (χ4v) is 1.36. The Labute approximate surface area is 78.9 Å². The van der Waals surface area contributed by atoms with Crippen LogP contribution in [0.25, 0.3) is 0 Å². The highest BCUT2D eigenvalue weighted by molar-refractivity contribution is 5.19. The maximum absolute atomic E-state index is 12.2. The highest BCUT2D eigenvalue weighted by atomic mass is 19.4. The van der Waals surface area contributed by atoms with Crippen LogP contribution < -0.4 is 5.73 Å². The van der Waals surface area contributed by atoms with Gasteiger partial charge in [0.15, 0.2) is 0 Å². The summed E-state index contributed by atoms with van der Waals surface area (Å²) in [6.07, 6.45) is -1.67. The predicted octanol–water partition coefficient (Wildman–Crippen LogP) is 2.71. The van der Waals surface area contributed by atoms with Gasteiger partial charge in [-0.05, 0) is 24.8 Å². The molecule has 0 aromatic carbocycles. The summed E-state index contributed by atoms with van der Waals surface area (Å²) in [4.78, 5) is 0. The van der Waals surface area contributed by atoms with Crippen molar-refractivity contribution in [3.63, 3.8) is 0 Å². The molecule has 1 aliphatic rings. The first-order valence-corrected chi connectivity index (χ1v) is 4.39. The molecule has 0 saturated heterocycles. The molecule has 2 rings (SSSR count). The third-order valence-corrected chi connectivity index (χ3v) is 2.41. The van der Waals surface area contributed by atoms with E-state index >= 15 is 0 Å². The van der Waals surface area contributed by atoms with Crippen LogP contribution in [0.5, 0.6) is 0 Å². The molecule has 1 fully saturated rings. The summed E-state index contributed by atoms with van der Waals surface area (Å²) < 4.78 is 41.4. The van der Waals surface area contributed by atoms with Gasteiger partial charge in [0.1, 0.15) is 12.0 Å². The maximum Gasteiger partial charge on any atom is 0.419 e. The van der Waals surface area contributed by atoms with Crippen molar-refractivity contribution < 1.29 is 17.6 Å². The number of hydrogen-bond donors (Lipinski definition) is 1. The summed E-state index contributed by atoms with van der Waals surface area (Å²) in [5.41, 5.74) is 4.94. The zero-order chi connectivity index (χ0) is 10.3. The number of rotatable bonds is 2. The van der Waals surface area contributed by atoms with Gasteiger partial charge in [0.05, 0.1) is 11.6 Å². The van der Waals surface area contributed by atoms with E-state index in [9.17, 15) is 13.2 Å². The monoisotopic (exact) mass is 205 g/mol. The van der Waals surface area contributed by atoms with Crippen molar-refractivity contribution in [2.24, 2.45) is 11.7 Å². The third-order valence-electron chi connectivity index (χ3n) is 2.41. The van der Waals surface area contributed by atoms with Crippen LogP contribution in [-0.4, -0.2) is 0 Å². The van der Waals surface area contributed by atoms with E-state index in [0.29, 0.717) is 5.92 Å². The van der Waals surface area contributed by atoms with Gasteiger partial charge in [-0.1, -0.05) is 0 Å². The van der Waals surface area contributed by atoms with Gasteiger partial charge >= 0.3 is 6.18 Å². The maximum atomic E-state index is 12.2. The first-order valence-electron chi connectivity index (χ1n) is 4.39. The van der Waals surface area contributed by atoms with Gasteiger partial charge < -0.3 is 10.2 Å². The highest BCUT2D eigenvalue weighted by Crippen LogP contribution is 2.41. The van der Waals surface area contributed by atoms with Gasteiger partial charge in [-0.25, -0.2) is 0 Å². The fraction of sp³-hybridized carbons (Fsp3) is 0.556. The molecule has 1 aliphatic carbocycles. The second kappa shape index (κ2) is 3.02. The number of furan rings is 1. The summed E-state index contributed by atoms with van der Waals surface area (Å²) in [5, 5.41) is 0. The van der Waals surface area contributed by atoms with Gasteiger partial charge in [-0.2, -0.15) is 13.2 Å². The second-order valence-corrected chi connectivity index (χ2v) is 3.60. The Balaban J connectivity index is 2.16. The SMILES string of the molecule is NC(c1cc(C(F)(F)F)co1)C1CC1. The van der Waals surface area contributed by atoms with Crippen LogP contribution >= 0.6 is 0 Å². The molecule has 1 aromatic heterocycles. The molecule has 5 heteroatoms.